The molecule has 0 spiro atoms. The number of likely N-dealkylation sites (tertiary alicyclic amines) is 1. The molecule has 0 unspecified atom stereocenters. The van der Waals surface area contributed by atoms with Crippen molar-refractivity contribution in [3.8, 4) is 0 Å². The van der Waals surface area contributed by atoms with Gasteiger partial charge in [0.15, 0.2) is 5.78 Å². The van der Waals surface area contributed by atoms with Crippen molar-refractivity contribution in [2.75, 3.05) is 19.6 Å². The predicted octanol–water partition coefficient (Wildman–Crippen LogP) is 3.44. The molecule has 0 aliphatic carbocycles. The van der Waals surface area contributed by atoms with Crippen molar-refractivity contribution in [2.24, 2.45) is 0 Å². The molecule has 18 heavy (non-hydrogen) atoms. The van der Waals surface area contributed by atoms with Gasteiger partial charge in [-0.3, -0.25) is 4.79 Å². The van der Waals surface area contributed by atoms with E-state index in [4.69, 9.17) is 0 Å². The second kappa shape index (κ2) is 6.69. The number of hydrogen-bond donors (Lipinski definition) is 0. The number of Topliss-reactive ketones (excluding diaryl/α,β-unsaturated/α-hetero) is 1. The Morgan fingerprint density at radius 2 is 1.78 bits per heavy atom. The van der Waals surface area contributed by atoms with E-state index < -0.39 is 0 Å². The molecule has 0 aromatic heterocycles. The number of aryl methyl sites for hydroxylation is 1. The van der Waals surface area contributed by atoms with Crippen LogP contribution in [-0.2, 0) is 0 Å². The monoisotopic (exact) mass is 245 g/mol. The fourth-order valence-electron chi connectivity index (χ4n) is 2.64. The summed E-state index contributed by atoms with van der Waals surface area (Å²) < 4.78 is 0. The van der Waals surface area contributed by atoms with Crippen LogP contribution in [0.4, 0.5) is 0 Å². The van der Waals surface area contributed by atoms with Gasteiger partial charge in [-0.25, -0.2) is 0 Å². The molecular formula is C16H23NO. The molecule has 2 nitrogen and oxygen atoms in total. The van der Waals surface area contributed by atoms with Crippen LogP contribution < -0.4 is 0 Å². The van der Waals surface area contributed by atoms with Crippen molar-refractivity contribution in [1.29, 1.82) is 0 Å². The highest BCUT2D eigenvalue weighted by molar-refractivity contribution is 5.97. The van der Waals surface area contributed by atoms with Gasteiger partial charge < -0.3 is 4.90 Å². The molecule has 1 aromatic carbocycles. The SMILES string of the molecule is Cc1ccccc1C(=O)CCN1CCCCCC1. The summed E-state index contributed by atoms with van der Waals surface area (Å²) in [6, 6.07) is 7.90. The summed E-state index contributed by atoms with van der Waals surface area (Å²) in [6.07, 6.45) is 5.94. The second-order valence-electron chi connectivity index (χ2n) is 5.24. The number of carbonyl (C=O) groups excluding carboxylic acids is 1. The fraction of sp³-hybridized carbons (Fsp3) is 0.562. The van der Waals surface area contributed by atoms with E-state index in [0.717, 1.165) is 17.7 Å². The van der Waals surface area contributed by atoms with Gasteiger partial charge in [0.05, 0.1) is 0 Å². The molecule has 1 saturated heterocycles. The van der Waals surface area contributed by atoms with Crippen LogP contribution in [0.1, 0.15) is 48.0 Å². The molecule has 1 aromatic rings. The highest BCUT2D eigenvalue weighted by atomic mass is 16.1. The van der Waals surface area contributed by atoms with Crippen LogP contribution in [0.3, 0.4) is 0 Å². The summed E-state index contributed by atoms with van der Waals surface area (Å²) >= 11 is 0. The second-order valence-corrected chi connectivity index (χ2v) is 5.24. The summed E-state index contributed by atoms with van der Waals surface area (Å²) in [4.78, 5) is 14.6. The summed E-state index contributed by atoms with van der Waals surface area (Å²) in [5, 5.41) is 0. The maximum atomic E-state index is 12.2. The van der Waals surface area contributed by atoms with Gasteiger partial charge in [0.1, 0.15) is 0 Å². The van der Waals surface area contributed by atoms with E-state index in [2.05, 4.69) is 4.90 Å². The Balaban J connectivity index is 1.86. The smallest absolute Gasteiger partial charge is 0.164 e. The number of nitrogens with zero attached hydrogens (tertiary/aromatic N) is 1. The van der Waals surface area contributed by atoms with Crippen molar-refractivity contribution < 1.29 is 4.79 Å². The van der Waals surface area contributed by atoms with Crippen LogP contribution in [0.25, 0.3) is 0 Å². The molecule has 98 valence electrons. The lowest BCUT2D eigenvalue weighted by molar-refractivity contribution is 0.0964. The van der Waals surface area contributed by atoms with E-state index in [9.17, 15) is 4.79 Å². The van der Waals surface area contributed by atoms with Crippen molar-refractivity contribution in [1.82, 2.24) is 4.90 Å². The van der Waals surface area contributed by atoms with E-state index >= 15 is 0 Å². The molecule has 0 radical (unpaired) electrons. The Morgan fingerprint density at radius 1 is 1.11 bits per heavy atom. The van der Waals surface area contributed by atoms with E-state index in [1.807, 2.05) is 31.2 Å². The Hall–Kier alpha value is -1.15. The fourth-order valence-corrected chi connectivity index (χ4v) is 2.64. The zero-order valence-corrected chi connectivity index (χ0v) is 11.3. The van der Waals surface area contributed by atoms with E-state index in [1.165, 1.54) is 38.8 Å². The van der Waals surface area contributed by atoms with Gasteiger partial charge in [-0.2, -0.15) is 0 Å². The number of ketones is 1. The van der Waals surface area contributed by atoms with Crippen molar-refractivity contribution in [3.63, 3.8) is 0 Å². The molecule has 0 amide bonds. The first-order valence-corrected chi connectivity index (χ1v) is 7.08. The molecule has 1 heterocycles. The lowest BCUT2D eigenvalue weighted by Gasteiger charge is -2.19. The highest BCUT2D eigenvalue weighted by Crippen LogP contribution is 2.13. The van der Waals surface area contributed by atoms with E-state index in [1.54, 1.807) is 0 Å². The first kappa shape index (κ1) is 13.3. The van der Waals surface area contributed by atoms with Crippen molar-refractivity contribution >= 4 is 5.78 Å². The standard InChI is InChI=1S/C16H23NO/c1-14-8-4-5-9-15(14)16(18)10-13-17-11-6-2-3-7-12-17/h4-5,8-9H,2-3,6-7,10-13H2,1H3. The molecular weight excluding hydrogens is 222 g/mol. The van der Waals surface area contributed by atoms with Gasteiger partial charge in [-0.15, -0.1) is 0 Å². The molecule has 1 fully saturated rings. The Kier molecular flexibility index (Phi) is 4.94. The lowest BCUT2D eigenvalue weighted by atomic mass is 10.0. The third-order valence-electron chi connectivity index (χ3n) is 3.80. The molecule has 2 rings (SSSR count). The summed E-state index contributed by atoms with van der Waals surface area (Å²) in [7, 11) is 0. The summed E-state index contributed by atoms with van der Waals surface area (Å²) in [5.74, 6) is 0.289. The van der Waals surface area contributed by atoms with Gasteiger partial charge in [0, 0.05) is 18.5 Å². The third kappa shape index (κ3) is 3.67. The first-order chi connectivity index (χ1) is 8.77. The predicted molar refractivity (Wildman–Crippen MR) is 75.0 cm³/mol. The maximum Gasteiger partial charge on any atom is 0.164 e. The van der Waals surface area contributed by atoms with Crippen LogP contribution in [0.5, 0.6) is 0 Å². The zero-order chi connectivity index (χ0) is 12.8. The van der Waals surface area contributed by atoms with Crippen LogP contribution in [0.2, 0.25) is 0 Å². The highest BCUT2D eigenvalue weighted by Gasteiger charge is 2.12. The van der Waals surface area contributed by atoms with Crippen LogP contribution in [0.15, 0.2) is 24.3 Å². The summed E-state index contributed by atoms with van der Waals surface area (Å²) in [6.45, 7) is 5.27. The Morgan fingerprint density at radius 3 is 2.44 bits per heavy atom. The van der Waals surface area contributed by atoms with Gasteiger partial charge >= 0.3 is 0 Å². The van der Waals surface area contributed by atoms with Crippen molar-refractivity contribution in [2.45, 2.75) is 39.0 Å². The van der Waals surface area contributed by atoms with Gasteiger partial charge in [0.2, 0.25) is 0 Å². The lowest BCUT2D eigenvalue weighted by Crippen LogP contribution is -2.27. The van der Waals surface area contributed by atoms with Crippen molar-refractivity contribution in [3.05, 3.63) is 35.4 Å². The molecule has 0 N–H and O–H groups in total. The summed E-state index contributed by atoms with van der Waals surface area (Å²) in [5.41, 5.74) is 1.99. The quantitative estimate of drug-likeness (QED) is 0.757. The average molecular weight is 245 g/mol. The number of hydrogen-bond acceptors (Lipinski definition) is 2. The molecule has 1 aliphatic rings. The van der Waals surface area contributed by atoms with Gasteiger partial charge in [-0.1, -0.05) is 37.1 Å². The number of benzene rings is 1. The largest absolute Gasteiger partial charge is 0.303 e. The zero-order valence-electron chi connectivity index (χ0n) is 11.3. The first-order valence-electron chi connectivity index (χ1n) is 7.08. The minimum atomic E-state index is 0.289. The Bertz CT molecular complexity index is 392. The van der Waals surface area contributed by atoms with Crippen LogP contribution in [-0.4, -0.2) is 30.3 Å². The minimum Gasteiger partial charge on any atom is -0.303 e. The molecule has 0 atom stereocenters. The Labute approximate surface area is 110 Å². The molecule has 0 bridgehead atoms. The number of rotatable bonds is 4. The molecule has 2 heteroatoms. The number of carbonyl (C=O) groups is 1. The average Bonchev–Trinajstić information content (AvgIpc) is 2.65. The normalized spacial score (nSPS) is 17.4. The topological polar surface area (TPSA) is 20.3 Å². The third-order valence-corrected chi connectivity index (χ3v) is 3.80. The van der Waals surface area contributed by atoms with Gasteiger partial charge in [0.25, 0.3) is 0 Å². The minimum absolute atomic E-state index is 0.289. The molecule has 1 aliphatic heterocycles. The van der Waals surface area contributed by atoms with Crippen LogP contribution >= 0.6 is 0 Å². The van der Waals surface area contributed by atoms with Crippen LogP contribution in [0, 0.1) is 6.92 Å². The maximum absolute atomic E-state index is 12.2. The molecule has 0 saturated carbocycles. The van der Waals surface area contributed by atoms with Gasteiger partial charge in [-0.05, 0) is 38.4 Å². The van der Waals surface area contributed by atoms with E-state index in [0.29, 0.717) is 6.42 Å². The van der Waals surface area contributed by atoms with E-state index in [-0.39, 0.29) is 5.78 Å².